The molecule has 0 atom stereocenters. The van der Waals surface area contributed by atoms with Gasteiger partial charge in [0.05, 0.1) is 6.61 Å². The Kier molecular flexibility index (Phi) is 9.36. The smallest absolute Gasteiger partial charge is 0.119 e. The summed E-state index contributed by atoms with van der Waals surface area (Å²) in [5.74, 6) is 9.47. The van der Waals surface area contributed by atoms with Gasteiger partial charge in [-0.1, -0.05) is 82.1 Å². The van der Waals surface area contributed by atoms with Crippen LogP contribution in [0, 0.1) is 23.7 Å². The Morgan fingerprint density at radius 2 is 1.40 bits per heavy atom. The summed E-state index contributed by atoms with van der Waals surface area (Å²) in [7, 11) is 0. The summed E-state index contributed by atoms with van der Waals surface area (Å²) in [5, 5.41) is 0. The van der Waals surface area contributed by atoms with E-state index in [9.17, 15) is 0 Å². The third-order valence-electron chi connectivity index (χ3n) is 6.32. The zero-order valence-electron chi connectivity index (χ0n) is 19.0. The minimum Gasteiger partial charge on any atom is -0.494 e. The lowest BCUT2D eigenvalue weighted by molar-refractivity contribution is 0.296. The first-order valence-corrected chi connectivity index (χ1v) is 12.1. The highest BCUT2D eigenvalue weighted by Gasteiger charge is 2.19. The molecule has 1 saturated carbocycles. The molecule has 1 heteroatoms. The molecule has 1 fully saturated rings. The van der Waals surface area contributed by atoms with E-state index < -0.39 is 0 Å². The summed E-state index contributed by atoms with van der Waals surface area (Å²) < 4.78 is 5.82. The van der Waals surface area contributed by atoms with Gasteiger partial charge in [-0.15, -0.1) is 0 Å². The summed E-state index contributed by atoms with van der Waals surface area (Å²) in [5.41, 5.74) is 3.58. The normalized spacial score (nSPS) is 18.5. The van der Waals surface area contributed by atoms with E-state index in [4.69, 9.17) is 4.74 Å². The molecule has 2 aromatic carbocycles. The van der Waals surface area contributed by atoms with Gasteiger partial charge in [-0.25, -0.2) is 0 Å². The Bertz CT molecular complexity index is 783. The zero-order chi connectivity index (χ0) is 21.0. The molecule has 0 aromatic heterocycles. The Labute approximate surface area is 184 Å². The highest BCUT2D eigenvalue weighted by atomic mass is 16.5. The monoisotopic (exact) mass is 402 g/mol. The number of hydrogen-bond acceptors (Lipinski definition) is 1. The number of rotatable bonds is 9. The molecule has 0 N–H and O–H groups in total. The number of unbranched alkanes of at least 4 members (excludes halogenated alkanes) is 3. The lowest BCUT2D eigenvalue weighted by atomic mass is 9.80. The van der Waals surface area contributed by atoms with Crippen molar-refractivity contribution in [2.24, 2.45) is 11.8 Å². The van der Waals surface area contributed by atoms with E-state index >= 15 is 0 Å². The summed E-state index contributed by atoms with van der Waals surface area (Å²) in [6, 6.07) is 17.1. The number of hydrogen-bond donors (Lipinski definition) is 0. The van der Waals surface area contributed by atoms with Crippen LogP contribution in [0.15, 0.2) is 48.5 Å². The second kappa shape index (κ2) is 12.5. The van der Waals surface area contributed by atoms with Gasteiger partial charge in [0.1, 0.15) is 5.75 Å². The molecule has 1 aliphatic rings. The highest BCUT2D eigenvalue weighted by molar-refractivity contribution is 5.65. The maximum atomic E-state index is 5.82. The van der Waals surface area contributed by atoms with Crippen LogP contribution in [0.4, 0.5) is 0 Å². The molecule has 0 bridgehead atoms. The van der Waals surface area contributed by atoms with Crippen LogP contribution in [0.25, 0.3) is 11.1 Å². The molecule has 0 aliphatic heterocycles. The maximum Gasteiger partial charge on any atom is 0.119 e. The molecule has 2 aromatic rings. The van der Waals surface area contributed by atoms with Crippen molar-refractivity contribution in [3.63, 3.8) is 0 Å². The third kappa shape index (κ3) is 7.24. The van der Waals surface area contributed by atoms with Gasteiger partial charge >= 0.3 is 0 Å². The van der Waals surface area contributed by atoms with Gasteiger partial charge in [-0.2, -0.15) is 0 Å². The fourth-order valence-corrected chi connectivity index (χ4v) is 4.31. The topological polar surface area (TPSA) is 9.23 Å². The van der Waals surface area contributed by atoms with Crippen LogP contribution in [0.1, 0.15) is 83.6 Å². The summed E-state index contributed by atoms with van der Waals surface area (Å²) in [6.07, 6.45) is 13.0. The van der Waals surface area contributed by atoms with Crippen LogP contribution in [-0.2, 0) is 0 Å². The summed E-state index contributed by atoms with van der Waals surface area (Å²) in [4.78, 5) is 0. The van der Waals surface area contributed by atoms with Crippen LogP contribution in [0.2, 0.25) is 0 Å². The van der Waals surface area contributed by atoms with Crippen LogP contribution >= 0.6 is 0 Å². The summed E-state index contributed by atoms with van der Waals surface area (Å²) in [6.45, 7) is 5.31. The average Bonchev–Trinajstić information content (AvgIpc) is 2.81. The van der Waals surface area contributed by atoms with E-state index in [0.717, 1.165) is 30.3 Å². The predicted molar refractivity (Wildman–Crippen MR) is 129 cm³/mol. The van der Waals surface area contributed by atoms with E-state index in [0.29, 0.717) is 5.92 Å². The van der Waals surface area contributed by atoms with Gasteiger partial charge in [-0.3, -0.25) is 0 Å². The van der Waals surface area contributed by atoms with Gasteiger partial charge in [0.15, 0.2) is 0 Å². The minimum atomic E-state index is 0.590. The lowest BCUT2D eigenvalue weighted by Gasteiger charge is -2.25. The van der Waals surface area contributed by atoms with Crippen molar-refractivity contribution in [2.75, 3.05) is 6.61 Å². The van der Waals surface area contributed by atoms with E-state index in [1.807, 2.05) is 0 Å². The Hall–Kier alpha value is -2.20. The first kappa shape index (κ1) is 22.5. The fraction of sp³-hybridized carbons (Fsp3) is 0.517. The summed E-state index contributed by atoms with van der Waals surface area (Å²) >= 11 is 0. The molecular formula is C29H38O. The van der Waals surface area contributed by atoms with Crippen molar-refractivity contribution >= 4 is 0 Å². The number of benzene rings is 2. The first-order valence-electron chi connectivity index (χ1n) is 12.1. The van der Waals surface area contributed by atoms with E-state index in [-0.39, 0.29) is 0 Å². The molecule has 0 spiro atoms. The van der Waals surface area contributed by atoms with Crippen molar-refractivity contribution in [1.29, 1.82) is 0 Å². The molecule has 0 saturated heterocycles. The SMILES string of the molecule is CCCCCOc1ccc(-c2ccc(C#CC3CCC(CCCC)CC3)cc2)cc1. The molecule has 0 heterocycles. The molecule has 1 aliphatic carbocycles. The highest BCUT2D eigenvalue weighted by Crippen LogP contribution is 2.31. The molecule has 160 valence electrons. The Morgan fingerprint density at radius 3 is 2.03 bits per heavy atom. The second-order valence-corrected chi connectivity index (χ2v) is 8.79. The predicted octanol–water partition coefficient (Wildman–Crippen LogP) is 8.27. The number of ether oxygens (including phenoxy) is 1. The molecule has 30 heavy (non-hydrogen) atoms. The van der Waals surface area contributed by atoms with Crippen LogP contribution in [0.5, 0.6) is 5.75 Å². The zero-order valence-corrected chi connectivity index (χ0v) is 19.0. The van der Waals surface area contributed by atoms with Gasteiger partial charge in [-0.05, 0) is 73.4 Å². The maximum absolute atomic E-state index is 5.82. The van der Waals surface area contributed by atoms with Gasteiger partial charge < -0.3 is 4.74 Å². The largest absolute Gasteiger partial charge is 0.494 e. The molecule has 0 amide bonds. The standard InChI is InChI=1S/C29H38O/c1-3-5-7-23-30-29-21-19-28(20-22-29)27-17-15-26(16-18-27)14-13-25-11-9-24(10-12-25)8-6-4-2/h15-22,24-25H,3-12,23H2,1-2H3. The second-order valence-electron chi connectivity index (χ2n) is 8.79. The first-order chi connectivity index (χ1) is 14.8. The van der Waals surface area contributed by atoms with E-state index in [2.05, 4.69) is 74.2 Å². The van der Waals surface area contributed by atoms with Crippen LogP contribution < -0.4 is 4.74 Å². The molecule has 0 radical (unpaired) electrons. The van der Waals surface area contributed by atoms with Crippen LogP contribution in [-0.4, -0.2) is 6.61 Å². The quantitative estimate of drug-likeness (QED) is 0.303. The Morgan fingerprint density at radius 1 is 0.767 bits per heavy atom. The van der Waals surface area contributed by atoms with E-state index in [1.54, 1.807) is 0 Å². The third-order valence-corrected chi connectivity index (χ3v) is 6.32. The van der Waals surface area contributed by atoms with Gasteiger partial charge in [0.25, 0.3) is 0 Å². The average molecular weight is 403 g/mol. The molecule has 1 nitrogen and oxygen atoms in total. The minimum absolute atomic E-state index is 0.590. The van der Waals surface area contributed by atoms with Gasteiger partial charge in [0.2, 0.25) is 0 Å². The molecule has 3 rings (SSSR count). The van der Waals surface area contributed by atoms with Crippen molar-refractivity contribution in [3.05, 3.63) is 54.1 Å². The van der Waals surface area contributed by atoms with Gasteiger partial charge in [0, 0.05) is 11.5 Å². The molecular weight excluding hydrogens is 364 g/mol. The van der Waals surface area contributed by atoms with Crippen molar-refractivity contribution in [1.82, 2.24) is 0 Å². The van der Waals surface area contributed by atoms with E-state index in [1.165, 1.54) is 68.9 Å². The molecule has 0 unspecified atom stereocenters. The van der Waals surface area contributed by atoms with Crippen molar-refractivity contribution < 1.29 is 4.74 Å². The van der Waals surface area contributed by atoms with Crippen molar-refractivity contribution in [3.8, 4) is 28.7 Å². The fourth-order valence-electron chi connectivity index (χ4n) is 4.31. The lowest BCUT2D eigenvalue weighted by Crippen LogP contribution is -2.13. The Balaban J connectivity index is 1.49. The van der Waals surface area contributed by atoms with Crippen LogP contribution in [0.3, 0.4) is 0 Å². The van der Waals surface area contributed by atoms with Crippen molar-refractivity contribution in [2.45, 2.75) is 78.1 Å².